The van der Waals surface area contributed by atoms with Gasteiger partial charge in [0, 0.05) is 30.3 Å². The summed E-state index contributed by atoms with van der Waals surface area (Å²) in [5.74, 6) is -0.180. The molecule has 1 aromatic rings. The first kappa shape index (κ1) is 17.2. The first-order chi connectivity index (χ1) is 10.8. The van der Waals surface area contributed by atoms with E-state index < -0.39 is 4.92 Å². The summed E-state index contributed by atoms with van der Waals surface area (Å²) in [5.41, 5.74) is 0.318. The lowest BCUT2D eigenvalue weighted by Gasteiger charge is -2.39. The van der Waals surface area contributed by atoms with Crippen LogP contribution in [0.2, 0.25) is 0 Å². The van der Waals surface area contributed by atoms with Crippen LogP contribution < -0.4 is 15.4 Å². The zero-order valence-corrected chi connectivity index (χ0v) is 13.7. The van der Waals surface area contributed by atoms with E-state index in [0.717, 1.165) is 19.4 Å². The summed E-state index contributed by atoms with van der Waals surface area (Å²) in [6.45, 7) is 5.84. The van der Waals surface area contributed by atoms with Crippen LogP contribution in [0.25, 0.3) is 0 Å². The molecule has 1 aliphatic heterocycles. The number of benzene rings is 1. The topological polar surface area (TPSA) is 93.5 Å². The van der Waals surface area contributed by atoms with Crippen molar-refractivity contribution in [3.8, 4) is 5.75 Å². The highest BCUT2D eigenvalue weighted by Gasteiger charge is 2.32. The summed E-state index contributed by atoms with van der Waals surface area (Å²) in [6, 6.07) is 4.33. The first-order valence-electron chi connectivity index (χ1n) is 7.69. The van der Waals surface area contributed by atoms with Gasteiger partial charge in [0.1, 0.15) is 0 Å². The van der Waals surface area contributed by atoms with Gasteiger partial charge in [0.15, 0.2) is 5.75 Å². The minimum absolute atomic E-state index is 0.0822. The van der Waals surface area contributed by atoms with Gasteiger partial charge in [-0.1, -0.05) is 13.8 Å². The van der Waals surface area contributed by atoms with Gasteiger partial charge in [-0.05, 0) is 30.9 Å². The van der Waals surface area contributed by atoms with E-state index in [2.05, 4.69) is 24.5 Å². The van der Waals surface area contributed by atoms with Crippen molar-refractivity contribution < 1.29 is 14.5 Å². The Balaban J connectivity index is 2.05. The molecule has 1 amide bonds. The highest BCUT2D eigenvalue weighted by atomic mass is 16.6. The SMILES string of the molecule is COc1cc(C(=O)NCC2NCCCC2(C)C)ccc1[N+](=O)[O-]. The Bertz CT molecular complexity index is 601. The number of nitrogens with one attached hydrogen (secondary N) is 2. The summed E-state index contributed by atoms with van der Waals surface area (Å²) in [5, 5.41) is 17.2. The predicted octanol–water partition coefficient (Wildman–Crippen LogP) is 2.11. The number of carbonyl (C=O) groups is 1. The second-order valence-electron chi connectivity index (χ2n) is 6.45. The fourth-order valence-electron chi connectivity index (χ4n) is 2.89. The first-order valence-corrected chi connectivity index (χ1v) is 7.69. The zero-order chi connectivity index (χ0) is 17.0. The Hall–Kier alpha value is -2.15. The number of rotatable bonds is 5. The number of piperidine rings is 1. The summed E-state index contributed by atoms with van der Waals surface area (Å²) in [6.07, 6.45) is 2.25. The van der Waals surface area contributed by atoms with Gasteiger partial charge in [-0.15, -0.1) is 0 Å². The van der Waals surface area contributed by atoms with Crippen LogP contribution in [0.4, 0.5) is 5.69 Å². The normalized spacial score (nSPS) is 19.9. The van der Waals surface area contributed by atoms with Gasteiger partial charge in [0.05, 0.1) is 12.0 Å². The van der Waals surface area contributed by atoms with Gasteiger partial charge in [0.2, 0.25) is 0 Å². The van der Waals surface area contributed by atoms with Crippen LogP contribution in [0.3, 0.4) is 0 Å². The molecular formula is C16H23N3O4. The molecule has 0 spiro atoms. The molecule has 1 heterocycles. The lowest BCUT2D eigenvalue weighted by molar-refractivity contribution is -0.385. The van der Waals surface area contributed by atoms with Crippen molar-refractivity contribution in [1.29, 1.82) is 0 Å². The Morgan fingerprint density at radius 1 is 1.52 bits per heavy atom. The van der Waals surface area contributed by atoms with Crippen molar-refractivity contribution in [1.82, 2.24) is 10.6 Å². The molecule has 0 saturated carbocycles. The molecule has 1 fully saturated rings. The maximum atomic E-state index is 12.3. The van der Waals surface area contributed by atoms with Gasteiger partial charge >= 0.3 is 5.69 Å². The molecule has 1 saturated heterocycles. The molecule has 0 aromatic heterocycles. The van der Waals surface area contributed by atoms with Gasteiger partial charge in [-0.2, -0.15) is 0 Å². The van der Waals surface area contributed by atoms with Crippen molar-refractivity contribution in [2.75, 3.05) is 20.2 Å². The summed E-state index contributed by atoms with van der Waals surface area (Å²) < 4.78 is 4.99. The minimum atomic E-state index is -0.533. The molecule has 7 nitrogen and oxygen atoms in total. The molecule has 126 valence electrons. The van der Waals surface area contributed by atoms with Crippen molar-refractivity contribution in [2.24, 2.45) is 5.41 Å². The lowest BCUT2D eigenvalue weighted by atomic mass is 9.77. The Kier molecular flexibility index (Phi) is 5.20. The third-order valence-corrected chi connectivity index (χ3v) is 4.44. The predicted molar refractivity (Wildman–Crippen MR) is 86.8 cm³/mol. The number of hydrogen-bond donors (Lipinski definition) is 2. The number of methoxy groups -OCH3 is 1. The van der Waals surface area contributed by atoms with E-state index >= 15 is 0 Å². The molecule has 2 N–H and O–H groups in total. The number of carbonyl (C=O) groups excluding carboxylic acids is 1. The second kappa shape index (κ2) is 6.95. The molecular weight excluding hydrogens is 298 g/mol. The zero-order valence-electron chi connectivity index (χ0n) is 13.7. The molecule has 1 aliphatic rings. The van der Waals surface area contributed by atoms with Crippen LogP contribution in [0, 0.1) is 15.5 Å². The molecule has 2 rings (SSSR count). The average molecular weight is 321 g/mol. The van der Waals surface area contributed by atoms with E-state index in [1.165, 1.54) is 25.3 Å². The molecule has 7 heteroatoms. The van der Waals surface area contributed by atoms with Crippen LogP contribution in [-0.2, 0) is 0 Å². The number of nitrogens with zero attached hydrogens (tertiary/aromatic N) is 1. The number of nitro groups is 1. The second-order valence-corrected chi connectivity index (χ2v) is 6.45. The summed E-state index contributed by atoms with van der Waals surface area (Å²) >= 11 is 0. The maximum Gasteiger partial charge on any atom is 0.310 e. The van der Waals surface area contributed by atoms with Gasteiger partial charge in [-0.25, -0.2) is 0 Å². The summed E-state index contributed by atoms with van der Waals surface area (Å²) in [7, 11) is 1.35. The van der Waals surface area contributed by atoms with E-state index in [-0.39, 0.29) is 28.8 Å². The molecule has 0 radical (unpaired) electrons. The number of ether oxygens (including phenoxy) is 1. The van der Waals surface area contributed by atoms with Crippen LogP contribution in [0.5, 0.6) is 5.75 Å². The minimum Gasteiger partial charge on any atom is -0.490 e. The van der Waals surface area contributed by atoms with Crippen LogP contribution in [0.15, 0.2) is 18.2 Å². The van der Waals surface area contributed by atoms with Gasteiger partial charge < -0.3 is 15.4 Å². The monoisotopic (exact) mass is 321 g/mol. The smallest absolute Gasteiger partial charge is 0.310 e. The highest BCUT2D eigenvalue weighted by molar-refractivity contribution is 5.95. The van der Waals surface area contributed by atoms with Crippen LogP contribution >= 0.6 is 0 Å². The molecule has 1 unspecified atom stereocenters. The molecule has 0 bridgehead atoms. The fraction of sp³-hybridized carbons (Fsp3) is 0.562. The molecule has 1 aromatic carbocycles. The van der Waals surface area contributed by atoms with Crippen molar-refractivity contribution in [3.63, 3.8) is 0 Å². The van der Waals surface area contributed by atoms with Crippen molar-refractivity contribution >= 4 is 11.6 Å². The average Bonchev–Trinajstić information content (AvgIpc) is 2.52. The number of nitro benzene ring substituents is 1. The van der Waals surface area contributed by atoms with Crippen molar-refractivity contribution in [2.45, 2.75) is 32.7 Å². The van der Waals surface area contributed by atoms with E-state index in [9.17, 15) is 14.9 Å². The number of hydrogen-bond acceptors (Lipinski definition) is 5. The summed E-state index contributed by atoms with van der Waals surface area (Å²) in [4.78, 5) is 22.6. The largest absolute Gasteiger partial charge is 0.490 e. The lowest BCUT2D eigenvalue weighted by Crippen LogP contribution is -2.52. The van der Waals surface area contributed by atoms with Crippen molar-refractivity contribution in [3.05, 3.63) is 33.9 Å². The van der Waals surface area contributed by atoms with E-state index in [1.54, 1.807) is 0 Å². The third-order valence-electron chi connectivity index (χ3n) is 4.44. The van der Waals surface area contributed by atoms with Gasteiger partial charge in [0.25, 0.3) is 5.91 Å². The fourth-order valence-corrected chi connectivity index (χ4v) is 2.89. The maximum absolute atomic E-state index is 12.3. The molecule has 23 heavy (non-hydrogen) atoms. The Labute approximate surface area is 135 Å². The Morgan fingerprint density at radius 2 is 2.26 bits per heavy atom. The molecule has 0 aliphatic carbocycles. The van der Waals surface area contributed by atoms with Crippen LogP contribution in [-0.4, -0.2) is 37.1 Å². The molecule has 1 atom stereocenters. The quantitative estimate of drug-likeness (QED) is 0.640. The highest BCUT2D eigenvalue weighted by Crippen LogP contribution is 2.30. The third kappa shape index (κ3) is 3.98. The van der Waals surface area contributed by atoms with Crippen LogP contribution in [0.1, 0.15) is 37.0 Å². The van der Waals surface area contributed by atoms with E-state index in [0.29, 0.717) is 12.1 Å². The van der Waals surface area contributed by atoms with Gasteiger partial charge in [-0.3, -0.25) is 14.9 Å². The number of amides is 1. The van der Waals surface area contributed by atoms with E-state index in [4.69, 9.17) is 4.74 Å². The van der Waals surface area contributed by atoms with E-state index in [1.807, 2.05) is 0 Å². The Morgan fingerprint density at radius 3 is 2.87 bits per heavy atom. The standard InChI is InChI=1S/C16H23N3O4/c1-16(2)7-4-8-17-14(16)10-18-15(20)11-5-6-12(19(21)22)13(9-11)23-3/h5-6,9,14,17H,4,7-8,10H2,1-3H3,(H,18,20).